The first-order valence-corrected chi connectivity index (χ1v) is 20.6. The third kappa shape index (κ3) is 5.19. The van der Waals surface area contributed by atoms with Crippen LogP contribution in [0.1, 0.15) is 0 Å². The molecule has 4 aromatic heterocycles. The second kappa shape index (κ2) is 13.1. The maximum atomic E-state index is 5.05. The van der Waals surface area contributed by atoms with Crippen LogP contribution in [0.2, 0.25) is 0 Å². The van der Waals surface area contributed by atoms with E-state index in [-0.39, 0.29) is 0 Å². The van der Waals surface area contributed by atoms with Crippen molar-refractivity contribution in [3.63, 3.8) is 0 Å². The molecule has 6 heteroatoms. The van der Waals surface area contributed by atoms with Gasteiger partial charge in [0.25, 0.3) is 5.78 Å². The highest BCUT2D eigenvalue weighted by atomic mass is 15.3. The van der Waals surface area contributed by atoms with Crippen molar-refractivity contribution in [3.05, 3.63) is 206 Å². The van der Waals surface area contributed by atoms with Gasteiger partial charge in [-0.3, -0.25) is 0 Å². The molecule has 0 amide bonds. The van der Waals surface area contributed by atoms with Gasteiger partial charge in [0.1, 0.15) is 0 Å². The maximum absolute atomic E-state index is 5.05. The largest absolute Gasteiger partial charge is 0.309 e. The summed E-state index contributed by atoms with van der Waals surface area (Å²) in [6.45, 7) is 0. The molecule has 61 heavy (non-hydrogen) atoms. The molecule has 0 bridgehead atoms. The van der Waals surface area contributed by atoms with Crippen LogP contribution in [0.15, 0.2) is 206 Å². The van der Waals surface area contributed by atoms with E-state index in [9.17, 15) is 0 Å². The lowest BCUT2D eigenvalue weighted by atomic mass is 10.00. The first kappa shape index (κ1) is 33.6. The van der Waals surface area contributed by atoms with E-state index < -0.39 is 0 Å². The van der Waals surface area contributed by atoms with Crippen LogP contribution in [-0.2, 0) is 0 Å². The Morgan fingerprint density at radius 1 is 0.311 bits per heavy atom. The lowest BCUT2D eigenvalue weighted by Gasteiger charge is -2.10. The second-order valence-corrected chi connectivity index (χ2v) is 15.7. The molecule has 4 heterocycles. The summed E-state index contributed by atoms with van der Waals surface area (Å²) in [6, 6.07) is 73.6. The summed E-state index contributed by atoms with van der Waals surface area (Å²) in [4.78, 5) is 10.1. The van der Waals surface area contributed by atoms with Crippen LogP contribution in [0.4, 0.5) is 0 Å². The van der Waals surface area contributed by atoms with Gasteiger partial charge in [-0.1, -0.05) is 133 Å². The third-order valence-corrected chi connectivity index (χ3v) is 12.3. The minimum atomic E-state index is 0.568. The minimum absolute atomic E-state index is 0.568. The smallest absolute Gasteiger partial charge is 0.253 e. The number of rotatable bonds is 5. The zero-order valence-corrected chi connectivity index (χ0v) is 32.8. The van der Waals surface area contributed by atoms with Crippen molar-refractivity contribution in [2.45, 2.75) is 0 Å². The van der Waals surface area contributed by atoms with E-state index in [4.69, 9.17) is 15.1 Å². The summed E-state index contributed by atoms with van der Waals surface area (Å²) < 4.78 is 6.62. The topological polar surface area (TPSA) is 52.9 Å². The first-order chi connectivity index (χ1) is 30.2. The zero-order chi connectivity index (χ0) is 40.0. The molecule has 0 fully saturated rings. The molecule has 0 saturated carbocycles. The molecular formula is C55H34N6. The van der Waals surface area contributed by atoms with E-state index >= 15 is 0 Å². The second-order valence-electron chi connectivity index (χ2n) is 15.7. The molecule has 6 nitrogen and oxygen atoms in total. The standard InChI is InChI=1S/C55H34N6/c1-3-14-35(15-4-1)53-44-23-10-12-25-51(44)61-55(56-53)57-54(58-61)40-18-13-21-42(30-40)60-48-24-11-9-22-43(48)45-32-38(26-28-49(45)60)39-27-29-50-46(33-39)47-31-36-16-7-8-17-37(36)34-52(47)59(50)41-19-5-2-6-20-41/h1-34H. The van der Waals surface area contributed by atoms with Crippen LogP contribution in [0.5, 0.6) is 0 Å². The van der Waals surface area contributed by atoms with Crippen LogP contribution in [-0.4, -0.2) is 28.7 Å². The molecule has 0 N–H and O–H groups in total. The fourth-order valence-electron chi connectivity index (χ4n) is 9.45. The van der Waals surface area contributed by atoms with E-state index in [1.54, 1.807) is 0 Å². The van der Waals surface area contributed by atoms with E-state index in [1.165, 1.54) is 54.5 Å². The van der Waals surface area contributed by atoms with E-state index in [0.717, 1.165) is 50.1 Å². The molecule has 13 aromatic rings. The molecule has 0 unspecified atom stereocenters. The van der Waals surface area contributed by atoms with Crippen LogP contribution in [0.25, 0.3) is 116 Å². The summed E-state index contributed by atoms with van der Waals surface area (Å²) in [6.07, 6.45) is 0. The lowest BCUT2D eigenvalue weighted by Crippen LogP contribution is -1.97. The van der Waals surface area contributed by atoms with E-state index in [0.29, 0.717) is 11.6 Å². The number of nitrogens with zero attached hydrogens (tertiary/aromatic N) is 6. The van der Waals surface area contributed by atoms with Crippen molar-refractivity contribution in [2.24, 2.45) is 0 Å². The average molecular weight is 779 g/mol. The van der Waals surface area contributed by atoms with Gasteiger partial charge in [-0.25, -0.2) is 4.98 Å². The Bertz CT molecular complexity index is 3880. The SMILES string of the molecule is c1ccc(-c2nc3nc(-c4cccc(-n5c6ccccc6c6cc(-c7ccc8c(c7)c7cc9ccccc9cc7n8-c7ccccc7)ccc65)c4)nn3c3ccccc23)cc1. The van der Waals surface area contributed by atoms with Gasteiger partial charge in [-0.05, 0) is 94.7 Å². The molecule has 0 aliphatic rings. The Labute approximate surface area is 349 Å². The van der Waals surface area contributed by atoms with Gasteiger partial charge in [-0.2, -0.15) is 9.50 Å². The van der Waals surface area contributed by atoms with Crippen molar-refractivity contribution in [1.82, 2.24) is 28.7 Å². The van der Waals surface area contributed by atoms with Gasteiger partial charge >= 0.3 is 0 Å². The molecule has 9 aromatic carbocycles. The Morgan fingerprint density at radius 3 is 1.64 bits per heavy atom. The molecule has 0 radical (unpaired) electrons. The molecular weight excluding hydrogens is 745 g/mol. The number of hydrogen-bond donors (Lipinski definition) is 0. The third-order valence-electron chi connectivity index (χ3n) is 12.3. The number of hydrogen-bond acceptors (Lipinski definition) is 3. The molecule has 0 saturated heterocycles. The summed E-state index contributed by atoms with van der Waals surface area (Å²) in [7, 11) is 0. The van der Waals surface area contributed by atoms with Gasteiger partial charge in [0.05, 0.1) is 33.3 Å². The van der Waals surface area contributed by atoms with Crippen LogP contribution < -0.4 is 0 Å². The number of fused-ring (bicyclic) bond motifs is 10. The first-order valence-electron chi connectivity index (χ1n) is 20.6. The van der Waals surface area contributed by atoms with Gasteiger partial charge in [0.15, 0.2) is 5.82 Å². The predicted octanol–water partition coefficient (Wildman–Crippen LogP) is 13.6. The molecule has 13 rings (SSSR count). The summed E-state index contributed by atoms with van der Waals surface area (Å²) in [5, 5.41) is 13.4. The Hall–Kier alpha value is -8.35. The minimum Gasteiger partial charge on any atom is -0.309 e. The highest BCUT2D eigenvalue weighted by molar-refractivity contribution is 6.15. The highest BCUT2D eigenvalue weighted by Gasteiger charge is 2.19. The van der Waals surface area contributed by atoms with Crippen LogP contribution in [0.3, 0.4) is 0 Å². The Balaban J connectivity index is 0.948. The van der Waals surface area contributed by atoms with Crippen molar-refractivity contribution in [1.29, 1.82) is 0 Å². The number of para-hydroxylation sites is 3. The van der Waals surface area contributed by atoms with Gasteiger partial charge in [0, 0.05) is 49.4 Å². The highest BCUT2D eigenvalue weighted by Crippen LogP contribution is 2.40. The van der Waals surface area contributed by atoms with Crippen molar-refractivity contribution < 1.29 is 0 Å². The maximum Gasteiger partial charge on any atom is 0.253 e. The summed E-state index contributed by atoms with van der Waals surface area (Å²) in [5.74, 6) is 1.20. The monoisotopic (exact) mass is 778 g/mol. The van der Waals surface area contributed by atoms with E-state index in [1.807, 2.05) is 34.8 Å². The van der Waals surface area contributed by atoms with Gasteiger partial charge < -0.3 is 9.13 Å². The summed E-state index contributed by atoms with van der Waals surface area (Å²) in [5.41, 5.74) is 13.1. The molecule has 0 aliphatic heterocycles. The summed E-state index contributed by atoms with van der Waals surface area (Å²) >= 11 is 0. The molecule has 0 aliphatic carbocycles. The van der Waals surface area contributed by atoms with Crippen molar-refractivity contribution in [3.8, 4) is 45.1 Å². The predicted molar refractivity (Wildman–Crippen MR) is 251 cm³/mol. The Kier molecular flexibility index (Phi) is 7.21. The fourth-order valence-corrected chi connectivity index (χ4v) is 9.45. The molecule has 0 atom stereocenters. The van der Waals surface area contributed by atoms with Crippen LogP contribution in [0, 0.1) is 0 Å². The fraction of sp³-hybridized carbons (Fsp3) is 0. The van der Waals surface area contributed by atoms with E-state index in [2.05, 4.69) is 185 Å². The molecule has 284 valence electrons. The quantitative estimate of drug-likeness (QED) is 0.175. The van der Waals surface area contributed by atoms with Crippen molar-refractivity contribution in [2.75, 3.05) is 0 Å². The van der Waals surface area contributed by atoms with Gasteiger partial charge in [0.2, 0.25) is 0 Å². The van der Waals surface area contributed by atoms with Crippen LogP contribution >= 0.6 is 0 Å². The van der Waals surface area contributed by atoms with Gasteiger partial charge in [-0.15, -0.1) is 5.10 Å². The Morgan fingerprint density at radius 2 is 0.869 bits per heavy atom. The molecule has 0 spiro atoms. The normalized spacial score (nSPS) is 11.9. The number of benzene rings is 9. The zero-order valence-electron chi connectivity index (χ0n) is 32.8. The average Bonchev–Trinajstić information content (AvgIpc) is 4.01. The van der Waals surface area contributed by atoms with Crippen molar-refractivity contribution >= 4 is 71.1 Å². The number of aromatic nitrogens is 6. The lowest BCUT2D eigenvalue weighted by molar-refractivity contribution is 0.988.